The number of nitriles is 4. The standard InChI is InChI=1S/2C5H7N3.H2O4S/c2*6-3-1-2-5(8)4-7;1-5(2,3)4/h2*5H,1-2,8H2;(H2,1,2,3,4). The van der Waals surface area contributed by atoms with Crippen LogP contribution in [0.15, 0.2) is 0 Å². The van der Waals surface area contributed by atoms with Gasteiger partial charge in [-0.1, -0.05) is 0 Å². The average Bonchev–Trinajstić information content (AvgIpc) is 2.40. The Bertz CT molecular complexity index is 480. The number of nitrogens with two attached hydrogens (primary N) is 2. The lowest BCUT2D eigenvalue weighted by molar-refractivity contribution is 0.381. The molecule has 6 N–H and O–H groups in total. The van der Waals surface area contributed by atoms with Crippen LogP contribution in [0.5, 0.6) is 0 Å². The van der Waals surface area contributed by atoms with Gasteiger partial charge in [0, 0.05) is 12.8 Å². The van der Waals surface area contributed by atoms with Crippen molar-refractivity contribution in [2.75, 3.05) is 0 Å². The Morgan fingerprint density at radius 2 is 1.10 bits per heavy atom. The van der Waals surface area contributed by atoms with Crippen LogP contribution in [0.1, 0.15) is 25.7 Å². The van der Waals surface area contributed by atoms with E-state index in [1.165, 1.54) is 0 Å². The Morgan fingerprint density at radius 3 is 1.24 bits per heavy atom. The molecule has 10 nitrogen and oxygen atoms in total. The maximum Gasteiger partial charge on any atom is 0.394 e. The van der Waals surface area contributed by atoms with Crippen molar-refractivity contribution >= 4 is 10.4 Å². The number of hydrogen-bond acceptors (Lipinski definition) is 8. The summed E-state index contributed by atoms with van der Waals surface area (Å²) in [7, 11) is -4.67. The van der Waals surface area contributed by atoms with Gasteiger partial charge in [-0.05, 0) is 12.8 Å². The minimum absolute atomic E-state index is 0.370. The summed E-state index contributed by atoms with van der Waals surface area (Å²) in [6.07, 6.45) is 1.70. The monoisotopic (exact) mass is 316 g/mol. The van der Waals surface area contributed by atoms with E-state index in [1.807, 2.05) is 24.3 Å². The molecule has 0 amide bonds. The van der Waals surface area contributed by atoms with Crippen molar-refractivity contribution in [2.45, 2.75) is 37.8 Å². The first-order chi connectivity index (χ1) is 9.62. The quantitative estimate of drug-likeness (QED) is 0.492. The molecule has 2 atom stereocenters. The third-order valence-electron chi connectivity index (χ3n) is 1.47. The summed E-state index contributed by atoms with van der Waals surface area (Å²) in [6.45, 7) is 0. The first-order valence-corrected chi connectivity index (χ1v) is 6.76. The lowest BCUT2D eigenvalue weighted by Crippen LogP contribution is -2.16. The smallest absolute Gasteiger partial charge is 0.316 e. The van der Waals surface area contributed by atoms with E-state index in [4.69, 9.17) is 50.0 Å². The highest BCUT2D eigenvalue weighted by Gasteiger charge is 1.96. The fourth-order valence-electron chi connectivity index (χ4n) is 0.569. The van der Waals surface area contributed by atoms with Crippen LogP contribution in [0, 0.1) is 45.3 Å². The van der Waals surface area contributed by atoms with Gasteiger partial charge in [-0.15, -0.1) is 0 Å². The van der Waals surface area contributed by atoms with Gasteiger partial charge in [-0.2, -0.15) is 29.5 Å². The van der Waals surface area contributed by atoms with E-state index < -0.39 is 22.5 Å². The topological polar surface area (TPSA) is 222 Å². The summed E-state index contributed by atoms with van der Waals surface area (Å²) in [5.74, 6) is 0. The molecule has 0 aromatic carbocycles. The van der Waals surface area contributed by atoms with Crippen LogP contribution in [0.2, 0.25) is 0 Å². The molecule has 0 bridgehead atoms. The maximum absolute atomic E-state index is 8.74. The molecule has 116 valence electrons. The molecule has 0 aromatic rings. The first-order valence-electron chi connectivity index (χ1n) is 5.36. The third kappa shape index (κ3) is 46.3. The van der Waals surface area contributed by atoms with Crippen LogP contribution in [-0.2, 0) is 10.4 Å². The average molecular weight is 316 g/mol. The normalized spacial score (nSPS) is 11.4. The Balaban J connectivity index is -0.000000239. The fraction of sp³-hybridized carbons (Fsp3) is 0.600. The van der Waals surface area contributed by atoms with Gasteiger partial charge in [0.05, 0.1) is 36.4 Å². The van der Waals surface area contributed by atoms with Crippen molar-refractivity contribution in [3.63, 3.8) is 0 Å². The molecule has 0 aliphatic heterocycles. The van der Waals surface area contributed by atoms with E-state index in [-0.39, 0.29) is 0 Å². The van der Waals surface area contributed by atoms with Gasteiger partial charge >= 0.3 is 10.4 Å². The van der Waals surface area contributed by atoms with Crippen molar-refractivity contribution in [3.05, 3.63) is 0 Å². The van der Waals surface area contributed by atoms with Gasteiger partial charge in [0.25, 0.3) is 0 Å². The summed E-state index contributed by atoms with van der Waals surface area (Å²) >= 11 is 0. The molecular formula is C10H16N6O4S. The molecular weight excluding hydrogens is 300 g/mol. The van der Waals surface area contributed by atoms with Crippen LogP contribution >= 0.6 is 0 Å². The molecule has 0 saturated carbocycles. The molecule has 0 spiro atoms. The minimum atomic E-state index is -4.67. The summed E-state index contributed by atoms with van der Waals surface area (Å²) < 4.78 is 31.6. The van der Waals surface area contributed by atoms with Gasteiger partial charge in [0.1, 0.15) is 0 Å². The summed E-state index contributed by atoms with van der Waals surface area (Å²) in [5, 5.41) is 32.1. The van der Waals surface area contributed by atoms with E-state index in [0.29, 0.717) is 25.7 Å². The molecule has 0 aliphatic carbocycles. The van der Waals surface area contributed by atoms with Gasteiger partial charge in [-0.25, -0.2) is 0 Å². The van der Waals surface area contributed by atoms with Crippen molar-refractivity contribution in [2.24, 2.45) is 11.5 Å². The van der Waals surface area contributed by atoms with E-state index in [0.717, 1.165) is 0 Å². The van der Waals surface area contributed by atoms with Gasteiger partial charge in [0.2, 0.25) is 0 Å². The van der Waals surface area contributed by atoms with Crippen LogP contribution < -0.4 is 11.5 Å². The van der Waals surface area contributed by atoms with E-state index in [1.54, 1.807) is 0 Å². The highest BCUT2D eigenvalue weighted by Crippen LogP contribution is 1.89. The van der Waals surface area contributed by atoms with Crippen molar-refractivity contribution in [1.82, 2.24) is 0 Å². The zero-order valence-corrected chi connectivity index (χ0v) is 11.9. The number of rotatable bonds is 4. The maximum atomic E-state index is 8.74. The number of hydrogen-bond donors (Lipinski definition) is 4. The SMILES string of the molecule is N#CCCC(N)C#N.N#CCCC(N)C#N.O=S(=O)(O)O. The Labute approximate surface area is 123 Å². The van der Waals surface area contributed by atoms with Crippen molar-refractivity contribution < 1.29 is 17.5 Å². The second-order valence-electron chi connectivity index (χ2n) is 3.31. The highest BCUT2D eigenvalue weighted by molar-refractivity contribution is 7.79. The molecule has 0 fully saturated rings. The molecule has 0 saturated heterocycles. The van der Waals surface area contributed by atoms with Crippen LogP contribution in [0.25, 0.3) is 0 Å². The Hall–Kier alpha value is -2.25. The summed E-state index contributed by atoms with van der Waals surface area (Å²) in [5.41, 5.74) is 10.3. The Kier molecular flexibility index (Phi) is 17.9. The summed E-state index contributed by atoms with van der Waals surface area (Å²) in [4.78, 5) is 0. The molecule has 0 rings (SSSR count). The predicted molar refractivity (Wildman–Crippen MR) is 71.0 cm³/mol. The highest BCUT2D eigenvalue weighted by atomic mass is 32.3. The fourth-order valence-corrected chi connectivity index (χ4v) is 0.569. The van der Waals surface area contributed by atoms with Crippen molar-refractivity contribution in [3.8, 4) is 24.3 Å². The van der Waals surface area contributed by atoms with E-state index in [9.17, 15) is 0 Å². The van der Waals surface area contributed by atoms with Gasteiger partial charge in [0.15, 0.2) is 0 Å². The molecule has 21 heavy (non-hydrogen) atoms. The third-order valence-corrected chi connectivity index (χ3v) is 1.47. The first kappa shape index (κ1) is 23.8. The molecule has 0 aliphatic rings. The second-order valence-corrected chi connectivity index (χ2v) is 4.21. The second kappa shape index (κ2) is 15.8. The molecule has 0 radical (unpaired) electrons. The van der Waals surface area contributed by atoms with Gasteiger partial charge in [-0.3, -0.25) is 9.11 Å². The van der Waals surface area contributed by atoms with Crippen LogP contribution in [0.3, 0.4) is 0 Å². The van der Waals surface area contributed by atoms with Crippen LogP contribution in [0.4, 0.5) is 0 Å². The predicted octanol–water partition coefficient (Wildman–Crippen LogP) is -0.371. The molecule has 0 heterocycles. The Morgan fingerprint density at radius 1 is 0.857 bits per heavy atom. The zero-order chi connectivity index (χ0) is 17.3. The zero-order valence-electron chi connectivity index (χ0n) is 11.0. The largest absolute Gasteiger partial charge is 0.394 e. The van der Waals surface area contributed by atoms with E-state index in [2.05, 4.69) is 0 Å². The van der Waals surface area contributed by atoms with Crippen LogP contribution in [-0.4, -0.2) is 29.6 Å². The van der Waals surface area contributed by atoms with Gasteiger partial charge < -0.3 is 11.5 Å². The van der Waals surface area contributed by atoms with Crippen molar-refractivity contribution in [1.29, 1.82) is 21.0 Å². The summed E-state index contributed by atoms with van der Waals surface area (Å²) in [6, 6.07) is 6.53. The molecule has 2 unspecified atom stereocenters. The molecule has 0 aromatic heterocycles. The minimum Gasteiger partial charge on any atom is -0.316 e. The molecule has 11 heteroatoms. The lowest BCUT2D eigenvalue weighted by atomic mass is 10.2. The van der Waals surface area contributed by atoms with E-state index >= 15 is 0 Å². The lowest BCUT2D eigenvalue weighted by Gasteiger charge is -1.92. The number of nitrogens with zero attached hydrogens (tertiary/aromatic N) is 4.